The zero-order valence-electron chi connectivity index (χ0n) is 5.48. The van der Waals surface area contributed by atoms with Crippen molar-refractivity contribution in [1.29, 1.82) is 0 Å². The Morgan fingerprint density at radius 2 is 0.923 bits per heavy atom. The molecule has 13 heavy (non-hydrogen) atoms. The van der Waals surface area contributed by atoms with Crippen LogP contribution in [0.5, 0.6) is 0 Å². The summed E-state index contributed by atoms with van der Waals surface area (Å²) in [6.45, 7) is 0. The monoisotopic (exact) mass is 464 g/mol. The average Bonchev–Trinajstić information content (AvgIpc) is 1.52. The molecule has 0 aromatic heterocycles. The number of rotatable bonds is 0. The molecule has 0 atom stereocenters. The third-order valence-corrected chi connectivity index (χ3v) is 0. The summed E-state index contributed by atoms with van der Waals surface area (Å²) in [6, 6.07) is 0. The Bertz CT molecular complexity index is 277. The zero-order valence-corrected chi connectivity index (χ0v) is 11.3. The van der Waals surface area contributed by atoms with E-state index in [1.807, 2.05) is 0 Å². The molecular formula is H2O10S2U. The van der Waals surface area contributed by atoms with Crippen LogP contribution in [0.25, 0.3) is 0 Å². The van der Waals surface area contributed by atoms with E-state index >= 15 is 0 Å². The molecule has 0 aliphatic carbocycles. The quantitative estimate of drug-likeness (QED) is 0.293. The van der Waals surface area contributed by atoms with E-state index in [1.54, 1.807) is 0 Å². The summed E-state index contributed by atoms with van der Waals surface area (Å²) >= 11 is -2.51. The van der Waals surface area contributed by atoms with Crippen LogP contribution in [0.4, 0.5) is 0 Å². The van der Waals surface area contributed by atoms with Gasteiger partial charge in [0.1, 0.15) is 0 Å². The molecular weight excluding hydrogens is 462 g/mol. The topological polar surface area (TPSA) is 189 Å². The Kier molecular flexibility index (Phi) is 13.1. The Labute approximate surface area is 87.7 Å². The van der Waals surface area contributed by atoms with Crippen molar-refractivity contribution in [3.8, 4) is 0 Å². The molecule has 0 fully saturated rings. The molecule has 0 aliphatic rings. The molecule has 0 spiro atoms. The van der Waals surface area contributed by atoms with Gasteiger partial charge in [0.25, 0.3) is 0 Å². The second kappa shape index (κ2) is 8.97. The van der Waals surface area contributed by atoms with Crippen molar-refractivity contribution in [2.24, 2.45) is 0 Å². The van der Waals surface area contributed by atoms with Crippen LogP contribution in [0.3, 0.4) is 0 Å². The SMILES string of the molecule is O=S(=O)(O)O.O=S(=O)([O-])[O-].[O]=[U+2]=[O]. The van der Waals surface area contributed by atoms with E-state index in [-0.39, 0.29) is 0 Å². The van der Waals surface area contributed by atoms with Gasteiger partial charge in [0.2, 0.25) is 0 Å². The molecule has 78 valence electrons. The number of hydrogen-bond donors (Lipinski definition) is 2. The van der Waals surface area contributed by atoms with Gasteiger partial charge < -0.3 is 9.11 Å². The summed E-state index contributed by atoms with van der Waals surface area (Å²) in [5.41, 5.74) is 0. The van der Waals surface area contributed by atoms with Crippen molar-refractivity contribution in [3.05, 3.63) is 0 Å². The van der Waals surface area contributed by atoms with Crippen molar-refractivity contribution in [1.82, 2.24) is 0 Å². The van der Waals surface area contributed by atoms with Crippen LogP contribution in [0.2, 0.25) is 0 Å². The molecule has 0 rings (SSSR count). The van der Waals surface area contributed by atoms with E-state index in [0.29, 0.717) is 0 Å². The van der Waals surface area contributed by atoms with Crippen molar-refractivity contribution < 1.29 is 67.3 Å². The van der Waals surface area contributed by atoms with Gasteiger partial charge in [-0.2, -0.15) is 8.42 Å². The summed E-state index contributed by atoms with van der Waals surface area (Å²) in [7, 11) is -9.83. The third kappa shape index (κ3) is 8710. The maximum absolute atomic E-state index is 8.74. The van der Waals surface area contributed by atoms with Gasteiger partial charge in [-0.05, 0) is 0 Å². The van der Waals surface area contributed by atoms with Gasteiger partial charge in [0.15, 0.2) is 0 Å². The fourth-order valence-electron chi connectivity index (χ4n) is 0. The Hall–Kier alpha value is 0.392. The van der Waals surface area contributed by atoms with Crippen LogP contribution < -0.4 is 0 Å². The van der Waals surface area contributed by atoms with E-state index in [0.717, 1.165) is 0 Å². The molecule has 0 unspecified atom stereocenters. The molecule has 0 bridgehead atoms. The average molecular weight is 464 g/mol. The molecule has 2 N–H and O–H groups in total. The van der Waals surface area contributed by atoms with Crippen LogP contribution in [0, 0.1) is 27.8 Å². The second-order valence-electron chi connectivity index (χ2n) is 0.939. The van der Waals surface area contributed by atoms with Crippen LogP contribution in [-0.2, 0) is 25.3 Å². The normalized spacial score (nSPS) is 9.54. The van der Waals surface area contributed by atoms with Gasteiger partial charge in [-0.25, -0.2) is 0 Å². The zero-order chi connectivity index (χ0) is 11.7. The Balaban J connectivity index is -0.000000120. The predicted octanol–water partition coefficient (Wildman–Crippen LogP) is -2.23. The van der Waals surface area contributed by atoms with Gasteiger partial charge in [-0.15, -0.1) is 0 Å². The summed E-state index contributed by atoms with van der Waals surface area (Å²) in [4.78, 5) is 0. The van der Waals surface area contributed by atoms with Crippen LogP contribution >= 0.6 is 0 Å². The Morgan fingerprint density at radius 1 is 0.923 bits per heavy atom. The molecule has 0 heterocycles. The minimum absolute atomic E-state index is 2.51. The first-order valence-corrected chi connectivity index (χ1v) is 7.90. The molecule has 0 aromatic carbocycles. The molecule has 0 saturated carbocycles. The predicted molar refractivity (Wildman–Crippen MR) is 26.0 cm³/mol. The van der Waals surface area contributed by atoms with Crippen LogP contribution in [0.15, 0.2) is 0 Å². The third-order valence-electron chi connectivity index (χ3n) is 0. The summed E-state index contributed by atoms with van der Waals surface area (Å²) in [5.74, 6) is 0. The molecule has 0 radical (unpaired) electrons. The van der Waals surface area contributed by atoms with E-state index in [4.69, 9.17) is 39.5 Å². The van der Waals surface area contributed by atoms with Crippen LogP contribution in [-0.4, -0.2) is 35.0 Å². The van der Waals surface area contributed by atoms with Crippen LogP contribution in [0.1, 0.15) is 0 Å². The molecule has 10 nitrogen and oxygen atoms in total. The van der Waals surface area contributed by atoms with Crippen molar-refractivity contribution >= 4 is 20.8 Å². The standard InChI is InChI=1S/2H2O4S.2O.U/c2*1-5(2,3)4;;;/h2*(H2,1,2,3,4);;;/q;;;;+2/p-2. The summed E-state index contributed by atoms with van der Waals surface area (Å²) in [5, 5.41) is 0. The second-order valence-corrected chi connectivity index (χ2v) is 3.35. The van der Waals surface area contributed by atoms with Gasteiger partial charge in [-0.3, -0.25) is 17.5 Å². The van der Waals surface area contributed by atoms with Crippen molar-refractivity contribution in [2.45, 2.75) is 0 Å². The number of hydrogen-bond acceptors (Lipinski definition) is 8. The fourth-order valence-corrected chi connectivity index (χ4v) is 0. The molecule has 0 aliphatic heterocycles. The van der Waals surface area contributed by atoms with Gasteiger partial charge in [-0.1, -0.05) is 0 Å². The van der Waals surface area contributed by atoms with E-state index in [1.165, 1.54) is 0 Å². The van der Waals surface area contributed by atoms with Gasteiger partial charge >= 0.3 is 42.7 Å². The first-order chi connectivity index (χ1) is 5.41. The first-order valence-electron chi connectivity index (χ1n) is 1.77. The maximum atomic E-state index is 8.74. The fraction of sp³-hybridized carbons (Fsp3) is 0. The molecule has 0 saturated heterocycles. The van der Waals surface area contributed by atoms with Crippen molar-refractivity contribution in [2.75, 3.05) is 0 Å². The van der Waals surface area contributed by atoms with E-state index < -0.39 is 48.6 Å². The molecule has 13 heteroatoms. The first kappa shape index (κ1) is 19.0. The molecule has 0 amide bonds. The molecule has 0 aromatic rings. The Morgan fingerprint density at radius 3 is 0.923 bits per heavy atom. The van der Waals surface area contributed by atoms with E-state index in [2.05, 4.69) is 0 Å². The van der Waals surface area contributed by atoms with Gasteiger partial charge in [0.05, 0.1) is 0 Å². The summed E-state index contributed by atoms with van der Waals surface area (Å²) < 4.78 is 82.8. The van der Waals surface area contributed by atoms with Crippen molar-refractivity contribution in [3.63, 3.8) is 0 Å². The summed E-state index contributed by atoms with van der Waals surface area (Å²) in [6.07, 6.45) is 0. The van der Waals surface area contributed by atoms with E-state index in [9.17, 15) is 0 Å². The minimum atomic E-state index is -5.17. The van der Waals surface area contributed by atoms with Gasteiger partial charge in [0, 0.05) is 10.4 Å².